The van der Waals surface area contributed by atoms with Gasteiger partial charge in [-0.25, -0.2) is 8.78 Å². The number of aliphatic hydroxyl groups excluding tert-OH is 1. The molecule has 4 N–H and O–H groups in total. The van der Waals surface area contributed by atoms with Crippen LogP contribution in [0, 0.1) is 18.6 Å². The van der Waals surface area contributed by atoms with Crippen molar-refractivity contribution in [2.24, 2.45) is 5.73 Å². The number of aryl methyl sites for hydroxylation is 1. The maximum atomic E-state index is 13.6. The number of benzene rings is 1. The van der Waals surface area contributed by atoms with Crippen molar-refractivity contribution in [3.05, 3.63) is 34.9 Å². The van der Waals surface area contributed by atoms with E-state index in [1.807, 2.05) is 0 Å². The van der Waals surface area contributed by atoms with Crippen LogP contribution >= 0.6 is 0 Å². The lowest BCUT2D eigenvalue weighted by atomic mass is 10.1. The number of carbonyl (C=O) groups excluding carboxylic acids is 1. The summed E-state index contributed by atoms with van der Waals surface area (Å²) >= 11 is 0. The van der Waals surface area contributed by atoms with Crippen molar-refractivity contribution in [3.8, 4) is 0 Å². The predicted molar refractivity (Wildman–Crippen MR) is 63.1 cm³/mol. The van der Waals surface area contributed by atoms with Gasteiger partial charge in [-0.1, -0.05) is 6.07 Å². The van der Waals surface area contributed by atoms with E-state index in [1.165, 1.54) is 19.9 Å². The fourth-order valence-electron chi connectivity index (χ4n) is 1.33. The minimum atomic E-state index is -0.929. The zero-order valence-electron chi connectivity index (χ0n) is 10.2. The molecule has 4 nitrogen and oxygen atoms in total. The van der Waals surface area contributed by atoms with Gasteiger partial charge in [0.1, 0.15) is 17.2 Å². The Morgan fingerprint density at radius 3 is 2.67 bits per heavy atom. The topological polar surface area (TPSA) is 75.4 Å². The Labute approximate surface area is 104 Å². The Morgan fingerprint density at radius 1 is 1.50 bits per heavy atom. The molecule has 1 aromatic carbocycles. The monoisotopic (exact) mass is 258 g/mol. The van der Waals surface area contributed by atoms with Gasteiger partial charge in [0.2, 0.25) is 0 Å². The number of hydrogen-bond acceptors (Lipinski definition) is 3. The first-order valence-corrected chi connectivity index (χ1v) is 5.51. The zero-order valence-corrected chi connectivity index (χ0v) is 10.2. The van der Waals surface area contributed by atoms with Crippen molar-refractivity contribution in [2.75, 3.05) is 6.54 Å². The predicted octanol–water partition coefficient (Wildman–Crippen LogP) is 0.711. The lowest BCUT2D eigenvalue weighted by Gasteiger charge is -2.15. The second kappa shape index (κ2) is 5.88. The number of nitrogens with two attached hydrogens (primary N) is 1. The SMILES string of the molecule is Cc1ccc(F)c(C(=O)NCC(N)C(C)O)c1F. The highest BCUT2D eigenvalue weighted by Crippen LogP contribution is 2.16. The quantitative estimate of drug-likeness (QED) is 0.744. The van der Waals surface area contributed by atoms with Crippen molar-refractivity contribution in [2.45, 2.75) is 26.0 Å². The summed E-state index contributed by atoms with van der Waals surface area (Å²) in [6.45, 7) is 2.83. The molecule has 6 heteroatoms. The van der Waals surface area contributed by atoms with Crippen LogP contribution in [0.25, 0.3) is 0 Å². The first kappa shape index (κ1) is 14.5. The van der Waals surface area contributed by atoms with Crippen molar-refractivity contribution >= 4 is 5.91 Å². The summed E-state index contributed by atoms with van der Waals surface area (Å²) in [5.41, 5.74) is 5.05. The molecule has 0 radical (unpaired) electrons. The molecule has 0 saturated carbocycles. The molecule has 0 aromatic heterocycles. The van der Waals surface area contributed by atoms with E-state index in [1.54, 1.807) is 0 Å². The average Bonchev–Trinajstić information content (AvgIpc) is 2.31. The fraction of sp³-hybridized carbons (Fsp3) is 0.417. The molecule has 0 bridgehead atoms. The van der Waals surface area contributed by atoms with Gasteiger partial charge in [0.05, 0.1) is 6.10 Å². The zero-order chi connectivity index (χ0) is 13.9. The van der Waals surface area contributed by atoms with Gasteiger partial charge in [-0.2, -0.15) is 0 Å². The summed E-state index contributed by atoms with van der Waals surface area (Å²) in [5, 5.41) is 11.4. The van der Waals surface area contributed by atoms with Crippen LogP contribution in [0.15, 0.2) is 12.1 Å². The Bertz CT molecular complexity index is 450. The standard InChI is InChI=1S/C12H16F2N2O2/c1-6-3-4-8(13)10(11(6)14)12(18)16-5-9(15)7(2)17/h3-4,7,9,17H,5,15H2,1-2H3,(H,16,18). The molecule has 18 heavy (non-hydrogen) atoms. The molecule has 0 saturated heterocycles. The van der Waals surface area contributed by atoms with Crippen molar-refractivity contribution in [1.82, 2.24) is 5.32 Å². The first-order valence-electron chi connectivity index (χ1n) is 5.51. The lowest BCUT2D eigenvalue weighted by molar-refractivity contribution is 0.0929. The highest BCUT2D eigenvalue weighted by Gasteiger charge is 2.20. The van der Waals surface area contributed by atoms with Gasteiger partial charge in [0.15, 0.2) is 0 Å². The van der Waals surface area contributed by atoms with Crippen LogP contribution in [-0.2, 0) is 0 Å². The average molecular weight is 258 g/mol. The van der Waals surface area contributed by atoms with E-state index in [0.717, 1.165) is 6.07 Å². The maximum absolute atomic E-state index is 13.6. The molecule has 1 amide bonds. The molecule has 0 fully saturated rings. The van der Waals surface area contributed by atoms with Crippen LogP contribution in [0.3, 0.4) is 0 Å². The van der Waals surface area contributed by atoms with Crippen molar-refractivity contribution in [3.63, 3.8) is 0 Å². The molecule has 0 spiro atoms. The van der Waals surface area contributed by atoms with Gasteiger partial charge >= 0.3 is 0 Å². The Kier molecular flexibility index (Phi) is 4.75. The van der Waals surface area contributed by atoms with Gasteiger partial charge in [-0.15, -0.1) is 0 Å². The summed E-state index contributed by atoms with van der Waals surface area (Å²) in [5.74, 6) is -2.70. The molecular formula is C12H16F2N2O2. The van der Waals surface area contributed by atoms with Crippen LogP contribution < -0.4 is 11.1 Å². The van der Waals surface area contributed by atoms with Crippen molar-refractivity contribution < 1.29 is 18.7 Å². The largest absolute Gasteiger partial charge is 0.392 e. The Morgan fingerprint density at radius 2 is 2.11 bits per heavy atom. The summed E-state index contributed by atoms with van der Waals surface area (Å²) in [6, 6.07) is 1.59. The second-order valence-corrected chi connectivity index (χ2v) is 4.17. The molecule has 1 aromatic rings. The number of carbonyl (C=O) groups is 1. The highest BCUT2D eigenvalue weighted by molar-refractivity contribution is 5.95. The van der Waals surface area contributed by atoms with E-state index >= 15 is 0 Å². The molecule has 2 atom stereocenters. The van der Waals surface area contributed by atoms with Gasteiger partial charge < -0.3 is 16.2 Å². The van der Waals surface area contributed by atoms with E-state index in [0.29, 0.717) is 0 Å². The van der Waals surface area contributed by atoms with Crippen LogP contribution in [0.1, 0.15) is 22.8 Å². The Hall–Kier alpha value is -1.53. The number of rotatable bonds is 4. The fourth-order valence-corrected chi connectivity index (χ4v) is 1.33. The lowest BCUT2D eigenvalue weighted by Crippen LogP contribution is -2.44. The van der Waals surface area contributed by atoms with Gasteiger partial charge in [-0.05, 0) is 25.5 Å². The molecule has 2 unspecified atom stereocenters. The van der Waals surface area contributed by atoms with Crippen molar-refractivity contribution in [1.29, 1.82) is 0 Å². The summed E-state index contributed by atoms with van der Waals surface area (Å²) in [6.07, 6.45) is -0.822. The number of amides is 1. The van der Waals surface area contributed by atoms with Crippen LogP contribution in [0.5, 0.6) is 0 Å². The van der Waals surface area contributed by atoms with E-state index in [4.69, 9.17) is 10.8 Å². The first-order chi connectivity index (χ1) is 8.34. The molecule has 0 aliphatic carbocycles. The number of aliphatic hydroxyl groups is 1. The third kappa shape index (κ3) is 3.24. The number of halogens is 2. The van der Waals surface area contributed by atoms with E-state index in [2.05, 4.69) is 5.32 Å². The minimum absolute atomic E-state index is 0.0661. The number of nitrogens with one attached hydrogen (secondary N) is 1. The van der Waals surface area contributed by atoms with Crippen LogP contribution in [0.4, 0.5) is 8.78 Å². The van der Waals surface area contributed by atoms with Crippen LogP contribution in [-0.4, -0.2) is 29.7 Å². The minimum Gasteiger partial charge on any atom is -0.392 e. The van der Waals surface area contributed by atoms with E-state index in [-0.39, 0.29) is 12.1 Å². The van der Waals surface area contributed by atoms with E-state index < -0.39 is 35.3 Å². The summed E-state index contributed by atoms with van der Waals surface area (Å²) in [7, 11) is 0. The van der Waals surface area contributed by atoms with Gasteiger partial charge in [0, 0.05) is 12.6 Å². The smallest absolute Gasteiger partial charge is 0.257 e. The van der Waals surface area contributed by atoms with Gasteiger partial charge in [0.25, 0.3) is 5.91 Å². The van der Waals surface area contributed by atoms with E-state index in [9.17, 15) is 13.6 Å². The second-order valence-electron chi connectivity index (χ2n) is 4.17. The molecule has 1 rings (SSSR count). The summed E-state index contributed by atoms with van der Waals surface area (Å²) in [4.78, 5) is 11.6. The number of hydrogen-bond donors (Lipinski definition) is 3. The summed E-state index contributed by atoms with van der Waals surface area (Å²) < 4.78 is 27.0. The van der Waals surface area contributed by atoms with Crippen LogP contribution in [0.2, 0.25) is 0 Å². The molecule has 0 aliphatic rings. The molecule has 0 heterocycles. The van der Waals surface area contributed by atoms with Gasteiger partial charge in [-0.3, -0.25) is 4.79 Å². The third-order valence-corrected chi connectivity index (χ3v) is 2.63. The highest BCUT2D eigenvalue weighted by atomic mass is 19.1. The Balaban J connectivity index is 2.82. The molecular weight excluding hydrogens is 242 g/mol. The molecule has 100 valence electrons. The molecule has 0 aliphatic heterocycles. The third-order valence-electron chi connectivity index (χ3n) is 2.63. The normalized spacial score (nSPS) is 14.1. The maximum Gasteiger partial charge on any atom is 0.257 e.